The van der Waals surface area contributed by atoms with E-state index in [2.05, 4.69) is 29.2 Å². The number of nitrogens with zero attached hydrogens (tertiary/aromatic N) is 2. The average molecular weight is 637 g/mol. The Labute approximate surface area is 264 Å². The summed E-state index contributed by atoms with van der Waals surface area (Å²) in [6.45, 7) is 12.1. The maximum absolute atomic E-state index is 13.2. The second kappa shape index (κ2) is 11.4. The molecule has 2 saturated heterocycles. The number of amides is 1. The minimum atomic E-state index is -3.80. The van der Waals surface area contributed by atoms with Crippen molar-refractivity contribution in [2.45, 2.75) is 57.5 Å². The predicted octanol–water partition coefficient (Wildman–Crippen LogP) is 5.43. The fraction of sp³-hybridized carbons (Fsp3) is 0.424. The molecule has 2 fully saturated rings. The molecule has 0 aromatic heterocycles. The molecule has 0 radical (unpaired) electrons. The lowest BCUT2D eigenvalue weighted by molar-refractivity contribution is 0.00578. The average Bonchev–Trinajstić information content (AvgIpc) is 3.40. The van der Waals surface area contributed by atoms with Crippen molar-refractivity contribution in [1.82, 2.24) is 4.90 Å². The molecule has 3 aromatic rings. The van der Waals surface area contributed by atoms with Crippen molar-refractivity contribution in [3.8, 4) is 11.1 Å². The number of halogens is 1. The van der Waals surface area contributed by atoms with E-state index in [1.165, 1.54) is 22.3 Å². The van der Waals surface area contributed by atoms with E-state index in [1.54, 1.807) is 4.90 Å². The van der Waals surface area contributed by atoms with E-state index in [4.69, 9.17) is 24.7 Å². The van der Waals surface area contributed by atoms with Crippen LogP contribution < -0.4 is 10.4 Å². The zero-order valence-corrected chi connectivity index (χ0v) is 27.4. The highest BCUT2D eigenvalue weighted by molar-refractivity contribution is 8.13. The fourth-order valence-corrected chi connectivity index (χ4v) is 7.37. The van der Waals surface area contributed by atoms with Crippen molar-refractivity contribution in [1.29, 1.82) is 0 Å². The van der Waals surface area contributed by atoms with Crippen molar-refractivity contribution in [2.24, 2.45) is 0 Å². The Bertz CT molecular complexity index is 1640. The van der Waals surface area contributed by atoms with Gasteiger partial charge < -0.3 is 23.8 Å². The Hall–Kier alpha value is -3.05. The maximum atomic E-state index is 13.2. The Morgan fingerprint density at radius 1 is 0.932 bits per heavy atom. The molecule has 11 heteroatoms. The van der Waals surface area contributed by atoms with Crippen molar-refractivity contribution in [3.05, 3.63) is 82.9 Å². The topological polar surface area (TPSA) is 85.4 Å². The van der Waals surface area contributed by atoms with Crippen molar-refractivity contribution >= 4 is 44.1 Å². The monoisotopic (exact) mass is 636 g/mol. The first-order valence-electron chi connectivity index (χ1n) is 15.0. The number of piperazine rings is 1. The number of ether oxygens (including phenoxy) is 1. The van der Waals surface area contributed by atoms with E-state index < -0.39 is 27.4 Å². The van der Waals surface area contributed by atoms with Gasteiger partial charge in [-0.15, -0.1) is 0 Å². The summed E-state index contributed by atoms with van der Waals surface area (Å²) in [4.78, 5) is 17.1. The first kappa shape index (κ1) is 31.0. The number of benzene rings is 3. The van der Waals surface area contributed by atoms with Gasteiger partial charge in [-0.1, -0.05) is 48.5 Å². The van der Waals surface area contributed by atoms with E-state index in [1.807, 2.05) is 71.0 Å². The minimum Gasteiger partial charge on any atom is -0.448 e. The molecule has 0 saturated carbocycles. The van der Waals surface area contributed by atoms with Crippen LogP contribution in [-0.2, 0) is 28.8 Å². The Morgan fingerprint density at radius 2 is 1.48 bits per heavy atom. The van der Waals surface area contributed by atoms with Crippen LogP contribution in [0.25, 0.3) is 11.1 Å². The Morgan fingerprint density at radius 3 is 2.02 bits per heavy atom. The zero-order chi connectivity index (χ0) is 31.4. The molecule has 3 aliphatic rings. The molecule has 2 heterocycles. The second-order valence-electron chi connectivity index (χ2n) is 12.9. The van der Waals surface area contributed by atoms with Gasteiger partial charge in [0.15, 0.2) is 0 Å². The molecule has 232 valence electrons. The molecule has 1 aliphatic carbocycles. The van der Waals surface area contributed by atoms with Crippen LogP contribution in [0.2, 0.25) is 0 Å². The van der Waals surface area contributed by atoms with Crippen LogP contribution in [0.1, 0.15) is 55.9 Å². The normalized spacial score (nSPS) is 19.2. The number of carbonyl (C=O) groups is 1. The van der Waals surface area contributed by atoms with Gasteiger partial charge in [0.2, 0.25) is 9.05 Å². The molecule has 0 bridgehead atoms. The minimum absolute atomic E-state index is 0.00484. The molecule has 44 heavy (non-hydrogen) atoms. The lowest BCUT2D eigenvalue weighted by Gasteiger charge is -2.36. The molecular formula is C33H38BClN2O6S. The van der Waals surface area contributed by atoms with Crippen LogP contribution in [0, 0.1) is 6.92 Å². The summed E-state index contributed by atoms with van der Waals surface area (Å²) in [5.74, 6) is -0.300. The summed E-state index contributed by atoms with van der Waals surface area (Å²) in [6.07, 6.45) is -0.331. The van der Waals surface area contributed by atoms with Gasteiger partial charge in [0.05, 0.1) is 17.0 Å². The van der Waals surface area contributed by atoms with E-state index in [9.17, 15) is 13.2 Å². The first-order valence-corrected chi connectivity index (χ1v) is 17.5. The lowest BCUT2D eigenvalue weighted by atomic mass is 9.74. The van der Waals surface area contributed by atoms with E-state index in [0.717, 1.165) is 16.7 Å². The molecule has 2 aliphatic heterocycles. The first-order chi connectivity index (χ1) is 20.7. The summed E-state index contributed by atoms with van der Waals surface area (Å²) in [7, 11) is 1.25. The van der Waals surface area contributed by atoms with Gasteiger partial charge in [0, 0.05) is 48.5 Å². The van der Waals surface area contributed by atoms with Crippen LogP contribution in [0.5, 0.6) is 0 Å². The van der Waals surface area contributed by atoms with E-state index >= 15 is 0 Å². The summed E-state index contributed by atoms with van der Waals surface area (Å²) in [5, 5.41) is 0. The number of rotatable bonds is 6. The summed E-state index contributed by atoms with van der Waals surface area (Å²) in [6, 6.07) is 20.4. The third-order valence-corrected chi connectivity index (χ3v) is 10.6. The van der Waals surface area contributed by atoms with Gasteiger partial charge >= 0.3 is 13.2 Å². The van der Waals surface area contributed by atoms with Crippen molar-refractivity contribution in [2.75, 3.05) is 37.7 Å². The van der Waals surface area contributed by atoms with E-state index in [-0.39, 0.29) is 24.4 Å². The van der Waals surface area contributed by atoms with Crippen LogP contribution in [0.3, 0.4) is 0 Å². The number of fused-ring (bicyclic) bond motifs is 3. The summed E-state index contributed by atoms with van der Waals surface area (Å²) >= 11 is 0. The van der Waals surface area contributed by atoms with Crippen LogP contribution in [0.15, 0.2) is 60.7 Å². The number of anilines is 1. The SMILES string of the molecule is Cc1c(CS(=O)(=O)Cl)cc(N2CCN(C(=O)OCC3c4ccccc4-c4ccccc43)CC2)cc1B1OC(C)(C)C(C)(C)O1. The van der Waals surface area contributed by atoms with Gasteiger partial charge in [0.1, 0.15) is 6.61 Å². The third kappa shape index (κ3) is 5.85. The molecule has 6 rings (SSSR count). The Balaban J connectivity index is 1.16. The largest absolute Gasteiger partial charge is 0.495 e. The lowest BCUT2D eigenvalue weighted by Crippen LogP contribution is -2.49. The van der Waals surface area contributed by atoms with Crippen LogP contribution in [0.4, 0.5) is 10.5 Å². The molecule has 0 unspecified atom stereocenters. The van der Waals surface area contributed by atoms with Gasteiger partial charge in [-0.05, 0) is 85.6 Å². The fourth-order valence-electron chi connectivity index (χ4n) is 6.35. The van der Waals surface area contributed by atoms with Crippen LogP contribution in [-0.4, -0.2) is 70.5 Å². The smallest absolute Gasteiger partial charge is 0.448 e. The van der Waals surface area contributed by atoms with Gasteiger partial charge in [-0.2, -0.15) is 0 Å². The van der Waals surface area contributed by atoms with Crippen LogP contribution >= 0.6 is 10.7 Å². The van der Waals surface area contributed by atoms with Gasteiger partial charge in [-0.25, -0.2) is 13.2 Å². The molecule has 0 N–H and O–H groups in total. The quantitative estimate of drug-likeness (QED) is 0.263. The Kier molecular flexibility index (Phi) is 8.02. The highest BCUT2D eigenvalue weighted by atomic mass is 35.7. The number of carbonyl (C=O) groups excluding carboxylic acids is 1. The molecule has 0 spiro atoms. The maximum Gasteiger partial charge on any atom is 0.495 e. The molecular weight excluding hydrogens is 599 g/mol. The highest BCUT2D eigenvalue weighted by Gasteiger charge is 2.52. The van der Waals surface area contributed by atoms with E-state index in [0.29, 0.717) is 31.7 Å². The van der Waals surface area contributed by atoms with Crippen molar-refractivity contribution < 1.29 is 27.3 Å². The van der Waals surface area contributed by atoms with Gasteiger partial charge in [0.25, 0.3) is 0 Å². The highest BCUT2D eigenvalue weighted by Crippen LogP contribution is 2.44. The number of hydrogen-bond acceptors (Lipinski definition) is 7. The summed E-state index contributed by atoms with van der Waals surface area (Å²) in [5.41, 5.74) is 6.62. The molecule has 8 nitrogen and oxygen atoms in total. The second-order valence-corrected chi connectivity index (χ2v) is 15.6. The standard InChI is InChI=1S/C33H38BClN2O6S/c1-22-23(21-44(35,39)40)18-24(19-30(22)34-42-32(2,3)33(4,5)43-34)36-14-16-37(17-15-36)31(38)41-20-29-27-12-8-6-10-25(27)26-11-7-9-13-28(26)29/h6-13,18-19,29H,14-17,20-21H2,1-5H3. The molecule has 0 atom stereocenters. The van der Waals surface area contributed by atoms with Gasteiger partial charge in [-0.3, -0.25) is 0 Å². The zero-order valence-electron chi connectivity index (χ0n) is 25.8. The van der Waals surface area contributed by atoms with Crippen molar-refractivity contribution in [3.63, 3.8) is 0 Å². The predicted molar refractivity (Wildman–Crippen MR) is 174 cm³/mol. The number of hydrogen-bond donors (Lipinski definition) is 0. The summed E-state index contributed by atoms with van der Waals surface area (Å²) < 4.78 is 42.8. The molecule has 3 aromatic carbocycles. The molecule has 1 amide bonds. The third-order valence-electron chi connectivity index (χ3n) is 9.61.